The maximum absolute atomic E-state index is 12.2. The maximum Gasteiger partial charge on any atom is 0.336 e. The van der Waals surface area contributed by atoms with E-state index in [-0.39, 0.29) is 27.1 Å². The van der Waals surface area contributed by atoms with E-state index in [1.807, 2.05) is 0 Å². The van der Waals surface area contributed by atoms with Crippen molar-refractivity contribution < 1.29 is 23.2 Å². The Morgan fingerprint density at radius 2 is 2.00 bits per heavy atom. The minimum Gasteiger partial charge on any atom is -0.478 e. The van der Waals surface area contributed by atoms with E-state index in [1.165, 1.54) is 19.1 Å². The van der Waals surface area contributed by atoms with E-state index in [1.54, 1.807) is 0 Å². The number of sulfonamides is 1. The molecule has 0 unspecified atom stereocenters. The summed E-state index contributed by atoms with van der Waals surface area (Å²) >= 11 is 5.80. The van der Waals surface area contributed by atoms with Crippen molar-refractivity contribution in [3.8, 4) is 0 Å². The van der Waals surface area contributed by atoms with Crippen LogP contribution in [0.15, 0.2) is 17.0 Å². The number of carboxylic acid groups (broad SMARTS) is 1. The number of rotatable bonds is 5. The predicted molar refractivity (Wildman–Crippen MR) is 76.8 cm³/mol. The minimum atomic E-state index is -3.98. The van der Waals surface area contributed by atoms with Crippen molar-refractivity contribution in [1.29, 1.82) is 0 Å². The van der Waals surface area contributed by atoms with Gasteiger partial charge in [0.25, 0.3) is 10.0 Å². The summed E-state index contributed by atoms with van der Waals surface area (Å²) in [6.07, 6.45) is 3.48. The summed E-state index contributed by atoms with van der Waals surface area (Å²) in [5, 5.41) is 9.12. The van der Waals surface area contributed by atoms with Gasteiger partial charge < -0.3 is 5.11 Å². The highest BCUT2D eigenvalue weighted by Crippen LogP contribution is 2.25. The third kappa shape index (κ3) is 3.74. The average molecular weight is 334 g/mol. The van der Waals surface area contributed by atoms with Crippen molar-refractivity contribution in [2.45, 2.75) is 43.6 Å². The fraction of sp³-hybridized carbons (Fsp3) is 0.462. The van der Waals surface area contributed by atoms with E-state index < -0.39 is 16.0 Å². The van der Waals surface area contributed by atoms with E-state index in [9.17, 15) is 13.2 Å². The molecule has 21 heavy (non-hydrogen) atoms. The maximum atomic E-state index is 12.2. The first kappa shape index (κ1) is 16.2. The summed E-state index contributed by atoms with van der Waals surface area (Å²) in [4.78, 5) is 18.2. The molecule has 0 aliphatic heterocycles. The molecule has 0 heterocycles. The molecule has 2 N–H and O–H groups in total. The Balaban J connectivity index is 2.28. The third-order valence-electron chi connectivity index (χ3n) is 3.47. The first-order valence-corrected chi connectivity index (χ1v) is 8.38. The lowest BCUT2D eigenvalue weighted by molar-refractivity contribution is 0.0223. The molecule has 0 radical (unpaired) electrons. The second-order valence-corrected chi connectivity index (χ2v) is 7.04. The molecule has 1 fully saturated rings. The Morgan fingerprint density at radius 3 is 2.57 bits per heavy atom. The molecular formula is C13H16ClNO5S. The quantitative estimate of drug-likeness (QED) is 0.807. The number of aromatic carboxylic acids is 1. The highest BCUT2D eigenvalue weighted by molar-refractivity contribution is 7.89. The molecule has 1 aromatic rings. The first-order chi connectivity index (χ1) is 9.81. The van der Waals surface area contributed by atoms with E-state index in [4.69, 9.17) is 21.5 Å². The zero-order valence-electron chi connectivity index (χ0n) is 11.4. The topological polar surface area (TPSA) is 92.7 Å². The van der Waals surface area contributed by atoms with Crippen molar-refractivity contribution in [3.05, 3.63) is 28.3 Å². The molecule has 6 nitrogen and oxygen atoms in total. The smallest absolute Gasteiger partial charge is 0.336 e. The largest absolute Gasteiger partial charge is 0.478 e. The number of nitrogens with one attached hydrogen (secondary N) is 1. The fourth-order valence-corrected chi connectivity index (χ4v) is 3.77. The SMILES string of the molecule is Cc1c(C(=O)O)cc(Cl)cc1S(=O)(=O)NOC1CCCC1. The lowest BCUT2D eigenvalue weighted by atomic mass is 10.1. The summed E-state index contributed by atoms with van der Waals surface area (Å²) in [5.41, 5.74) is -0.0295. The van der Waals surface area contributed by atoms with Crippen LogP contribution in [0.4, 0.5) is 0 Å². The van der Waals surface area contributed by atoms with Gasteiger partial charge in [-0.15, -0.1) is 0 Å². The second kappa shape index (κ2) is 6.31. The molecule has 0 saturated heterocycles. The molecule has 0 spiro atoms. The van der Waals surface area contributed by atoms with Gasteiger partial charge in [0.2, 0.25) is 0 Å². The highest BCUT2D eigenvalue weighted by Gasteiger charge is 2.24. The van der Waals surface area contributed by atoms with Crippen LogP contribution in [0.5, 0.6) is 0 Å². The molecule has 1 aromatic carbocycles. The number of benzene rings is 1. The Morgan fingerprint density at radius 1 is 1.38 bits per heavy atom. The van der Waals surface area contributed by atoms with Crippen molar-refractivity contribution in [3.63, 3.8) is 0 Å². The van der Waals surface area contributed by atoms with Crippen LogP contribution >= 0.6 is 11.6 Å². The summed E-state index contributed by atoms with van der Waals surface area (Å²) in [7, 11) is -3.98. The summed E-state index contributed by atoms with van der Waals surface area (Å²) in [6.45, 7) is 1.42. The number of carbonyl (C=O) groups is 1. The van der Waals surface area contributed by atoms with Gasteiger partial charge in [-0.3, -0.25) is 4.84 Å². The molecule has 8 heteroatoms. The number of hydrogen-bond donors (Lipinski definition) is 2. The molecule has 2 rings (SSSR count). The first-order valence-electron chi connectivity index (χ1n) is 6.52. The van der Waals surface area contributed by atoms with Gasteiger partial charge in [-0.25, -0.2) is 13.2 Å². The Hall–Kier alpha value is -1.15. The summed E-state index contributed by atoms with van der Waals surface area (Å²) < 4.78 is 24.5. The van der Waals surface area contributed by atoms with Crippen LogP contribution in [0.25, 0.3) is 0 Å². The second-order valence-electron chi connectivity index (χ2n) is 4.99. The highest BCUT2D eigenvalue weighted by atomic mass is 35.5. The average Bonchev–Trinajstić information content (AvgIpc) is 2.91. The van der Waals surface area contributed by atoms with Crippen molar-refractivity contribution in [2.24, 2.45) is 0 Å². The van der Waals surface area contributed by atoms with Crippen LogP contribution < -0.4 is 4.89 Å². The number of hydrogen-bond acceptors (Lipinski definition) is 4. The fourth-order valence-electron chi connectivity index (χ4n) is 2.34. The number of carboxylic acids is 1. The van der Waals surface area contributed by atoms with Gasteiger partial charge in [0.15, 0.2) is 0 Å². The van der Waals surface area contributed by atoms with E-state index in [0.717, 1.165) is 25.7 Å². The molecule has 1 aliphatic carbocycles. The van der Waals surface area contributed by atoms with Crippen molar-refractivity contribution in [2.75, 3.05) is 0 Å². The van der Waals surface area contributed by atoms with Gasteiger partial charge in [-0.2, -0.15) is 0 Å². The lowest BCUT2D eigenvalue weighted by Crippen LogP contribution is -2.29. The molecule has 0 amide bonds. The Labute approximate surface area is 128 Å². The lowest BCUT2D eigenvalue weighted by Gasteiger charge is -2.14. The predicted octanol–water partition coefficient (Wildman–Crippen LogP) is 2.50. The molecule has 0 bridgehead atoms. The van der Waals surface area contributed by atoms with Gasteiger partial charge in [-0.1, -0.05) is 29.3 Å². The van der Waals surface area contributed by atoms with E-state index in [2.05, 4.69) is 4.89 Å². The third-order valence-corrected chi connectivity index (χ3v) is 5.01. The van der Waals surface area contributed by atoms with E-state index in [0.29, 0.717) is 0 Å². The molecule has 1 aliphatic rings. The van der Waals surface area contributed by atoms with Crippen LogP contribution in [0, 0.1) is 6.92 Å². The molecule has 0 aromatic heterocycles. The van der Waals surface area contributed by atoms with Gasteiger partial charge in [0, 0.05) is 5.02 Å². The minimum absolute atomic E-state index is 0.0410. The van der Waals surface area contributed by atoms with Gasteiger partial charge in [0.05, 0.1) is 16.6 Å². The zero-order valence-corrected chi connectivity index (χ0v) is 13.0. The zero-order chi connectivity index (χ0) is 15.6. The van der Waals surface area contributed by atoms with Crippen LogP contribution in [-0.2, 0) is 14.9 Å². The molecule has 116 valence electrons. The standard InChI is InChI=1S/C13H16ClNO5S/c1-8-11(13(16)17)6-9(14)7-12(8)21(18,19)15-20-10-4-2-3-5-10/h6-7,10,15H,2-5H2,1H3,(H,16,17). The molecule has 1 saturated carbocycles. The van der Waals surface area contributed by atoms with Crippen molar-refractivity contribution >= 4 is 27.6 Å². The Kier molecular flexibility index (Phi) is 4.88. The van der Waals surface area contributed by atoms with Crippen LogP contribution in [0.3, 0.4) is 0 Å². The summed E-state index contributed by atoms with van der Waals surface area (Å²) in [6, 6.07) is 2.43. The molecular weight excluding hydrogens is 318 g/mol. The van der Waals surface area contributed by atoms with E-state index >= 15 is 0 Å². The van der Waals surface area contributed by atoms with Gasteiger partial charge in [0.1, 0.15) is 0 Å². The van der Waals surface area contributed by atoms with Crippen molar-refractivity contribution in [1.82, 2.24) is 4.89 Å². The number of halogens is 1. The molecule has 0 atom stereocenters. The Bertz CT molecular complexity index is 653. The summed E-state index contributed by atoms with van der Waals surface area (Å²) in [5.74, 6) is -1.23. The monoisotopic (exact) mass is 333 g/mol. The van der Waals surface area contributed by atoms with Crippen LogP contribution in [0.1, 0.15) is 41.6 Å². The van der Waals surface area contributed by atoms with Gasteiger partial charge in [-0.05, 0) is 37.5 Å². The van der Waals surface area contributed by atoms with Crippen LogP contribution in [-0.4, -0.2) is 25.6 Å². The van der Waals surface area contributed by atoms with Gasteiger partial charge >= 0.3 is 5.97 Å². The van der Waals surface area contributed by atoms with Crippen LogP contribution in [0.2, 0.25) is 5.02 Å². The normalized spacial score (nSPS) is 16.3.